The Morgan fingerprint density at radius 1 is 1.55 bits per heavy atom. The molecule has 0 aromatic rings. The second-order valence-electron chi connectivity index (χ2n) is 3.31. The Kier molecular flexibility index (Phi) is 2.74. The predicted molar refractivity (Wildman–Crippen MR) is 42.4 cm³/mol. The van der Waals surface area contributed by atoms with E-state index in [9.17, 15) is 4.79 Å². The lowest BCUT2D eigenvalue weighted by molar-refractivity contribution is 0.0724. The Hall–Kier alpha value is -0.730. The lowest BCUT2D eigenvalue weighted by Crippen LogP contribution is -2.42. The van der Waals surface area contributed by atoms with E-state index < -0.39 is 0 Å². The summed E-state index contributed by atoms with van der Waals surface area (Å²) in [7, 11) is 0. The van der Waals surface area contributed by atoms with Crippen molar-refractivity contribution in [2.24, 2.45) is 5.92 Å². The molecule has 0 bridgehead atoms. The number of ether oxygens (including phenoxy) is 1. The van der Waals surface area contributed by atoms with Crippen LogP contribution in [0.15, 0.2) is 0 Å². The second kappa shape index (κ2) is 3.60. The lowest BCUT2D eigenvalue weighted by atomic mass is 10.2. The molecule has 64 valence electrons. The average Bonchev–Trinajstić information content (AvgIpc) is 1.79. The molecule has 1 fully saturated rings. The standard InChI is InChI=1S/C8H15NO2/c1-7(2)6-11-8(10)9-4-3-5-9/h7H,3-6H2,1-2H3. The minimum Gasteiger partial charge on any atom is -0.449 e. The van der Waals surface area contributed by atoms with E-state index >= 15 is 0 Å². The van der Waals surface area contributed by atoms with Gasteiger partial charge in [-0.2, -0.15) is 0 Å². The molecule has 0 unspecified atom stereocenters. The van der Waals surface area contributed by atoms with Crippen molar-refractivity contribution in [3.05, 3.63) is 0 Å². The number of amides is 1. The van der Waals surface area contributed by atoms with Crippen molar-refractivity contribution < 1.29 is 9.53 Å². The molecule has 1 aliphatic heterocycles. The van der Waals surface area contributed by atoms with Crippen LogP contribution in [0.25, 0.3) is 0 Å². The van der Waals surface area contributed by atoms with Gasteiger partial charge in [0.05, 0.1) is 6.61 Å². The van der Waals surface area contributed by atoms with Gasteiger partial charge in [-0.25, -0.2) is 4.79 Å². The zero-order valence-electron chi connectivity index (χ0n) is 7.17. The number of nitrogens with zero attached hydrogens (tertiary/aromatic N) is 1. The third kappa shape index (κ3) is 2.41. The van der Waals surface area contributed by atoms with E-state index in [2.05, 4.69) is 0 Å². The summed E-state index contributed by atoms with van der Waals surface area (Å²) in [5.41, 5.74) is 0. The maximum absolute atomic E-state index is 11.0. The van der Waals surface area contributed by atoms with E-state index in [1.807, 2.05) is 13.8 Å². The Morgan fingerprint density at radius 3 is 2.55 bits per heavy atom. The Bertz CT molecular complexity index is 141. The predicted octanol–water partition coefficient (Wildman–Crippen LogP) is 1.48. The molecular weight excluding hydrogens is 142 g/mol. The summed E-state index contributed by atoms with van der Waals surface area (Å²) in [4.78, 5) is 12.8. The average molecular weight is 157 g/mol. The molecular formula is C8H15NO2. The molecule has 0 spiro atoms. The van der Waals surface area contributed by atoms with Gasteiger partial charge in [0.1, 0.15) is 0 Å². The molecule has 3 nitrogen and oxygen atoms in total. The molecule has 1 aliphatic rings. The maximum atomic E-state index is 11.0. The van der Waals surface area contributed by atoms with Crippen molar-refractivity contribution in [2.45, 2.75) is 20.3 Å². The highest BCUT2D eigenvalue weighted by molar-refractivity contribution is 5.68. The van der Waals surface area contributed by atoms with Gasteiger partial charge in [0.2, 0.25) is 0 Å². The third-order valence-corrected chi connectivity index (χ3v) is 1.65. The van der Waals surface area contributed by atoms with Crippen LogP contribution in [-0.2, 0) is 4.74 Å². The topological polar surface area (TPSA) is 29.5 Å². The molecule has 1 amide bonds. The fourth-order valence-electron chi connectivity index (χ4n) is 0.828. The summed E-state index contributed by atoms with van der Waals surface area (Å²) in [5, 5.41) is 0. The van der Waals surface area contributed by atoms with Crippen LogP contribution in [0.3, 0.4) is 0 Å². The van der Waals surface area contributed by atoms with Crippen LogP contribution in [0, 0.1) is 5.92 Å². The third-order valence-electron chi connectivity index (χ3n) is 1.65. The summed E-state index contributed by atoms with van der Waals surface area (Å²) in [6.07, 6.45) is 0.974. The molecule has 0 atom stereocenters. The van der Waals surface area contributed by atoms with Crippen LogP contribution in [0.5, 0.6) is 0 Å². The van der Waals surface area contributed by atoms with E-state index in [1.54, 1.807) is 4.90 Å². The molecule has 0 aromatic heterocycles. The van der Waals surface area contributed by atoms with Crippen LogP contribution in [0.2, 0.25) is 0 Å². The number of likely N-dealkylation sites (tertiary alicyclic amines) is 1. The molecule has 1 rings (SSSR count). The van der Waals surface area contributed by atoms with Gasteiger partial charge in [0.15, 0.2) is 0 Å². The zero-order chi connectivity index (χ0) is 8.27. The largest absolute Gasteiger partial charge is 0.449 e. The molecule has 11 heavy (non-hydrogen) atoms. The highest BCUT2D eigenvalue weighted by Crippen LogP contribution is 2.08. The molecule has 0 saturated carbocycles. The van der Waals surface area contributed by atoms with E-state index in [1.165, 1.54) is 0 Å². The van der Waals surface area contributed by atoms with Crippen molar-refractivity contribution in [2.75, 3.05) is 19.7 Å². The van der Waals surface area contributed by atoms with Gasteiger partial charge >= 0.3 is 6.09 Å². The summed E-state index contributed by atoms with van der Waals surface area (Å²) in [6, 6.07) is 0. The van der Waals surface area contributed by atoms with Crippen molar-refractivity contribution >= 4 is 6.09 Å². The van der Waals surface area contributed by atoms with E-state index in [4.69, 9.17) is 4.74 Å². The van der Waals surface area contributed by atoms with Crippen molar-refractivity contribution in [3.8, 4) is 0 Å². The second-order valence-corrected chi connectivity index (χ2v) is 3.31. The minimum absolute atomic E-state index is 0.148. The van der Waals surface area contributed by atoms with Gasteiger partial charge in [-0.3, -0.25) is 0 Å². The van der Waals surface area contributed by atoms with Crippen LogP contribution in [0.1, 0.15) is 20.3 Å². The molecule has 1 heterocycles. The monoisotopic (exact) mass is 157 g/mol. The normalized spacial score (nSPS) is 16.5. The van der Waals surface area contributed by atoms with Crippen molar-refractivity contribution in [1.82, 2.24) is 4.90 Å². The molecule has 0 radical (unpaired) electrons. The Morgan fingerprint density at radius 2 is 2.18 bits per heavy atom. The van der Waals surface area contributed by atoms with Gasteiger partial charge in [0, 0.05) is 13.1 Å². The minimum atomic E-state index is -0.148. The van der Waals surface area contributed by atoms with Gasteiger partial charge in [0.25, 0.3) is 0 Å². The van der Waals surface area contributed by atoms with Gasteiger partial charge < -0.3 is 9.64 Å². The molecule has 0 N–H and O–H groups in total. The van der Waals surface area contributed by atoms with Crippen LogP contribution in [-0.4, -0.2) is 30.7 Å². The van der Waals surface area contributed by atoms with E-state index in [-0.39, 0.29) is 6.09 Å². The fraction of sp³-hybridized carbons (Fsp3) is 0.875. The zero-order valence-corrected chi connectivity index (χ0v) is 7.17. The molecule has 0 aliphatic carbocycles. The first kappa shape index (κ1) is 8.37. The lowest BCUT2D eigenvalue weighted by Gasteiger charge is -2.29. The SMILES string of the molecule is CC(C)COC(=O)N1CCC1. The number of hydrogen-bond donors (Lipinski definition) is 0. The number of carbonyl (C=O) groups is 1. The van der Waals surface area contributed by atoms with Crippen LogP contribution >= 0.6 is 0 Å². The number of hydrogen-bond acceptors (Lipinski definition) is 2. The smallest absolute Gasteiger partial charge is 0.409 e. The molecule has 3 heteroatoms. The van der Waals surface area contributed by atoms with Crippen LogP contribution < -0.4 is 0 Å². The van der Waals surface area contributed by atoms with E-state index in [0.717, 1.165) is 19.5 Å². The highest BCUT2D eigenvalue weighted by atomic mass is 16.6. The van der Waals surface area contributed by atoms with Crippen LogP contribution in [0.4, 0.5) is 4.79 Å². The first-order chi connectivity index (χ1) is 5.20. The Balaban J connectivity index is 2.10. The summed E-state index contributed by atoms with van der Waals surface area (Å²) in [6.45, 7) is 6.34. The molecule has 0 aromatic carbocycles. The van der Waals surface area contributed by atoms with E-state index in [0.29, 0.717) is 12.5 Å². The fourth-order valence-corrected chi connectivity index (χ4v) is 0.828. The first-order valence-corrected chi connectivity index (χ1v) is 4.12. The van der Waals surface area contributed by atoms with Crippen molar-refractivity contribution in [1.29, 1.82) is 0 Å². The Labute approximate surface area is 67.3 Å². The van der Waals surface area contributed by atoms with Gasteiger partial charge in [-0.05, 0) is 12.3 Å². The number of carbonyl (C=O) groups excluding carboxylic acids is 1. The summed E-state index contributed by atoms with van der Waals surface area (Å²) in [5.74, 6) is 0.431. The maximum Gasteiger partial charge on any atom is 0.409 e. The van der Waals surface area contributed by atoms with Gasteiger partial charge in [-0.15, -0.1) is 0 Å². The quantitative estimate of drug-likeness (QED) is 0.607. The van der Waals surface area contributed by atoms with Crippen molar-refractivity contribution in [3.63, 3.8) is 0 Å². The highest BCUT2D eigenvalue weighted by Gasteiger charge is 2.21. The van der Waals surface area contributed by atoms with Gasteiger partial charge in [-0.1, -0.05) is 13.8 Å². The first-order valence-electron chi connectivity index (χ1n) is 4.12. The summed E-state index contributed by atoms with van der Waals surface area (Å²) < 4.78 is 4.99. The number of rotatable bonds is 2. The summed E-state index contributed by atoms with van der Waals surface area (Å²) >= 11 is 0. The molecule has 1 saturated heterocycles.